The minimum absolute atomic E-state index is 0.379. The number of carbonyl (C=O) groups is 1. The molecule has 1 amide bonds. The molecule has 1 aromatic rings. The zero-order chi connectivity index (χ0) is 15.2. The van der Waals surface area contributed by atoms with E-state index in [1.807, 2.05) is 20.8 Å². The second-order valence-corrected chi connectivity index (χ2v) is 6.55. The highest BCUT2D eigenvalue weighted by molar-refractivity contribution is 9.10. The molecular weight excluding hydrogens is 320 g/mol. The van der Waals surface area contributed by atoms with Gasteiger partial charge >= 0.3 is 6.09 Å². The molecule has 0 aliphatic carbocycles. The van der Waals surface area contributed by atoms with E-state index in [1.165, 1.54) is 11.1 Å². The molecule has 0 atom stereocenters. The molecule has 0 aromatic heterocycles. The summed E-state index contributed by atoms with van der Waals surface area (Å²) in [5.74, 6) is 0. The van der Waals surface area contributed by atoms with Gasteiger partial charge in [0, 0.05) is 24.1 Å². The second-order valence-electron chi connectivity index (χ2n) is 5.70. The van der Waals surface area contributed by atoms with Crippen molar-refractivity contribution in [1.29, 1.82) is 0 Å². The number of halogens is 1. The third-order valence-corrected chi connectivity index (χ3v) is 3.23. The van der Waals surface area contributed by atoms with Gasteiger partial charge in [-0.2, -0.15) is 0 Å². The van der Waals surface area contributed by atoms with Gasteiger partial charge in [0.05, 0.1) is 0 Å². The van der Waals surface area contributed by atoms with Crippen molar-refractivity contribution in [3.63, 3.8) is 0 Å². The van der Waals surface area contributed by atoms with Gasteiger partial charge in [-0.1, -0.05) is 28.1 Å². The summed E-state index contributed by atoms with van der Waals surface area (Å²) in [5, 5.41) is 5.99. The SMILES string of the molecule is Cc1ccc(CNCCNC(=O)OC(C)(C)C)c(Br)c1. The van der Waals surface area contributed by atoms with Crippen molar-refractivity contribution in [2.75, 3.05) is 13.1 Å². The number of alkyl carbamates (subject to hydrolysis) is 1. The lowest BCUT2D eigenvalue weighted by Crippen LogP contribution is -2.36. The Kier molecular flexibility index (Phi) is 6.49. The highest BCUT2D eigenvalue weighted by atomic mass is 79.9. The highest BCUT2D eigenvalue weighted by Crippen LogP contribution is 2.17. The molecule has 0 fully saturated rings. The molecule has 0 heterocycles. The van der Waals surface area contributed by atoms with Crippen molar-refractivity contribution >= 4 is 22.0 Å². The Bertz CT molecular complexity index is 456. The molecule has 2 N–H and O–H groups in total. The van der Waals surface area contributed by atoms with Gasteiger partial charge in [0.25, 0.3) is 0 Å². The maximum Gasteiger partial charge on any atom is 0.407 e. The molecule has 0 spiro atoms. The first-order valence-corrected chi connectivity index (χ1v) is 7.50. The topological polar surface area (TPSA) is 50.4 Å². The largest absolute Gasteiger partial charge is 0.444 e. The van der Waals surface area contributed by atoms with Crippen molar-refractivity contribution in [1.82, 2.24) is 10.6 Å². The van der Waals surface area contributed by atoms with E-state index in [-0.39, 0.29) is 6.09 Å². The van der Waals surface area contributed by atoms with Crippen molar-refractivity contribution in [2.24, 2.45) is 0 Å². The Morgan fingerprint density at radius 3 is 2.60 bits per heavy atom. The summed E-state index contributed by atoms with van der Waals surface area (Å²) in [6.45, 7) is 9.60. The number of rotatable bonds is 5. The standard InChI is InChI=1S/C15H23BrN2O2/c1-11-5-6-12(13(16)9-11)10-17-7-8-18-14(19)20-15(2,3)4/h5-6,9,17H,7-8,10H2,1-4H3,(H,18,19). The number of carbonyl (C=O) groups excluding carboxylic acids is 1. The smallest absolute Gasteiger partial charge is 0.407 e. The molecule has 0 radical (unpaired) electrons. The monoisotopic (exact) mass is 342 g/mol. The van der Waals surface area contributed by atoms with Crippen LogP contribution in [0.1, 0.15) is 31.9 Å². The van der Waals surface area contributed by atoms with Crippen LogP contribution < -0.4 is 10.6 Å². The minimum atomic E-state index is -0.454. The van der Waals surface area contributed by atoms with Crippen LogP contribution in [0.5, 0.6) is 0 Å². The summed E-state index contributed by atoms with van der Waals surface area (Å²) in [5.41, 5.74) is 1.98. The van der Waals surface area contributed by atoms with Crippen LogP contribution in [0.3, 0.4) is 0 Å². The molecule has 0 aliphatic rings. The van der Waals surface area contributed by atoms with Gasteiger partial charge < -0.3 is 15.4 Å². The first kappa shape index (κ1) is 17.0. The number of amides is 1. The second kappa shape index (κ2) is 7.64. The van der Waals surface area contributed by atoms with Gasteiger partial charge in [0.15, 0.2) is 0 Å². The van der Waals surface area contributed by atoms with Gasteiger partial charge in [-0.25, -0.2) is 4.79 Å². The Hall–Kier alpha value is -1.07. The molecule has 20 heavy (non-hydrogen) atoms. The van der Waals surface area contributed by atoms with Crippen LogP contribution in [0, 0.1) is 6.92 Å². The van der Waals surface area contributed by atoms with Crippen LogP contribution in [0.25, 0.3) is 0 Å². The van der Waals surface area contributed by atoms with E-state index in [0.29, 0.717) is 13.1 Å². The lowest BCUT2D eigenvalue weighted by atomic mass is 10.1. The predicted molar refractivity (Wildman–Crippen MR) is 84.8 cm³/mol. The minimum Gasteiger partial charge on any atom is -0.444 e. The quantitative estimate of drug-likeness (QED) is 0.806. The van der Waals surface area contributed by atoms with Crippen LogP contribution >= 0.6 is 15.9 Å². The Morgan fingerprint density at radius 2 is 2.00 bits per heavy atom. The van der Waals surface area contributed by atoms with Gasteiger partial charge in [-0.3, -0.25) is 0 Å². The van der Waals surface area contributed by atoms with Crippen LogP contribution in [-0.2, 0) is 11.3 Å². The van der Waals surface area contributed by atoms with E-state index in [0.717, 1.165) is 11.0 Å². The number of ether oxygens (including phenoxy) is 1. The fourth-order valence-corrected chi connectivity index (χ4v) is 2.22. The van der Waals surface area contributed by atoms with Crippen molar-refractivity contribution in [2.45, 2.75) is 39.8 Å². The van der Waals surface area contributed by atoms with E-state index in [1.54, 1.807) is 0 Å². The van der Waals surface area contributed by atoms with Gasteiger partial charge in [-0.05, 0) is 44.9 Å². The number of hydrogen-bond acceptors (Lipinski definition) is 3. The van der Waals surface area contributed by atoms with Gasteiger partial charge in [-0.15, -0.1) is 0 Å². The molecule has 1 rings (SSSR count). The average Bonchev–Trinajstić information content (AvgIpc) is 2.28. The predicted octanol–water partition coefficient (Wildman–Crippen LogP) is 3.37. The van der Waals surface area contributed by atoms with E-state index in [9.17, 15) is 4.79 Å². The Balaban J connectivity index is 2.21. The molecule has 4 nitrogen and oxygen atoms in total. The molecule has 0 saturated heterocycles. The van der Waals surface area contributed by atoms with Gasteiger partial charge in [0.2, 0.25) is 0 Å². The van der Waals surface area contributed by atoms with Crippen LogP contribution in [0.4, 0.5) is 4.79 Å². The average molecular weight is 343 g/mol. The van der Waals surface area contributed by atoms with Crippen molar-refractivity contribution < 1.29 is 9.53 Å². The summed E-state index contributed by atoms with van der Waals surface area (Å²) < 4.78 is 6.25. The lowest BCUT2D eigenvalue weighted by molar-refractivity contribution is 0.0528. The van der Waals surface area contributed by atoms with Gasteiger partial charge in [0.1, 0.15) is 5.60 Å². The zero-order valence-electron chi connectivity index (χ0n) is 12.5. The first-order valence-electron chi connectivity index (χ1n) is 6.70. The van der Waals surface area contributed by atoms with E-state index >= 15 is 0 Å². The Morgan fingerprint density at radius 1 is 1.30 bits per heavy atom. The molecule has 5 heteroatoms. The summed E-state index contributed by atoms with van der Waals surface area (Å²) in [4.78, 5) is 11.4. The molecule has 0 unspecified atom stereocenters. The first-order chi connectivity index (χ1) is 9.28. The number of aryl methyl sites for hydroxylation is 1. The molecule has 112 valence electrons. The normalized spacial score (nSPS) is 11.2. The van der Waals surface area contributed by atoms with Crippen LogP contribution in [0.15, 0.2) is 22.7 Å². The number of hydrogen-bond donors (Lipinski definition) is 2. The zero-order valence-corrected chi connectivity index (χ0v) is 14.1. The molecule has 0 aliphatic heterocycles. The summed E-state index contributed by atoms with van der Waals surface area (Å²) in [6.07, 6.45) is -0.379. The third kappa shape index (κ3) is 6.91. The molecular formula is C15H23BrN2O2. The maximum atomic E-state index is 11.4. The summed E-state index contributed by atoms with van der Waals surface area (Å²) >= 11 is 3.54. The van der Waals surface area contributed by atoms with E-state index < -0.39 is 5.60 Å². The maximum absolute atomic E-state index is 11.4. The molecule has 1 aromatic carbocycles. The van der Waals surface area contributed by atoms with E-state index in [2.05, 4.69) is 51.7 Å². The number of nitrogens with one attached hydrogen (secondary N) is 2. The van der Waals surface area contributed by atoms with E-state index in [4.69, 9.17) is 4.74 Å². The number of benzene rings is 1. The lowest BCUT2D eigenvalue weighted by Gasteiger charge is -2.19. The molecule has 0 saturated carbocycles. The fraction of sp³-hybridized carbons (Fsp3) is 0.533. The fourth-order valence-electron chi connectivity index (χ4n) is 1.59. The summed E-state index contributed by atoms with van der Waals surface area (Å²) in [6, 6.07) is 6.27. The third-order valence-electron chi connectivity index (χ3n) is 2.49. The van der Waals surface area contributed by atoms with Crippen LogP contribution in [-0.4, -0.2) is 24.8 Å². The van der Waals surface area contributed by atoms with Crippen LogP contribution in [0.2, 0.25) is 0 Å². The highest BCUT2D eigenvalue weighted by Gasteiger charge is 2.15. The Labute approximate surface area is 129 Å². The van der Waals surface area contributed by atoms with Crippen molar-refractivity contribution in [3.8, 4) is 0 Å². The molecule has 0 bridgehead atoms. The van der Waals surface area contributed by atoms with Crippen molar-refractivity contribution in [3.05, 3.63) is 33.8 Å². The summed E-state index contributed by atoms with van der Waals surface area (Å²) in [7, 11) is 0.